The van der Waals surface area contributed by atoms with Gasteiger partial charge in [-0.25, -0.2) is 4.39 Å². The Bertz CT molecular complexity index is 455. The zero-order chi connectivity index (χ0) is 15.4. The molecule has 2 atom stereocenters. The first-order valence-electron chi connectivity index (χ1n) is 7.99. The highest BCUT2D eigenvalue weighted by Crippen LogP contribution is 2.24. The van der Waals surface area contributed by atoms with Crippen LogP contribution in [0.25, 0.3) is 0 Å². The highest BCUT2D eigenvalue weighted by Gasteiger charge is 2.17. The van der Waals surface area contributed by atoms with E-state index in [1.807, 2.05) is 24.1 Å². The van der Waals surface area contributed by atoms with Crippen molar-refractivity contribution in [3.63, 3.8) is 0 Å². The Hall–Kier alpha value is -1.29. The summed E-state index contributed by atoms with van der Waals surface area (Å²) >= 11 is 0. The van der Waals surface area contributed by atoms with Crippen LogP contribution in [0.2, 0.25) is 0 Å². The molecule has 1 aliphatic heterocycles. The number of benzene rings is 1. The van der Waals surface area contributed by atoms with Gasteiger partial charge in [0.05, 0.1) is 5.69 Å². The van der Waals surface area contributed by atoms with Crippen LogP contribution in [0.1, 0.15) is 40.0 Å². The number of halogens is 1. The summed E-state index contributed by atoms with van der Waals surface area (Å²) in [4.78, 5) is 1.95. The van der Waals surface area contributed by atoms with Gasteiger partial charge in [0.15, 0.2) is 0 Å². The standard InChI is InChI=1S/C17H28FN3/c1-12(2)21(4)17-8-7-15(11-16(17)18)20-13(3)10-14-6-5-9-19-14/h7-8,11-14,19-20H,5-6,9-10H2,1-4H3. The van der Waals surface area contributed by atoms with Crippen molar-refractivity contribution in [3.8, 4) is 0 Å². The molecule has 0 radical (unpaired) electrons. The highest BCUT2D eigenvalue weighted by molar-refractivity contribution is 5.56. The fourth-order valence-corrected chi connectivity index (χ4v) is 2.89. The molecule has 0 aliphatic carbocycles. The van der Waals surface area contributed by atoms with Gasteiger partial charge in [-0.2, -0.15) is 0 Å². The van der Waals surface area contributed by atoms with E-state index in [4.69, 9.17) is 0 Å². The maximum Gasteiger partial charge on any atom is 0.148 e. The SMILES string of the molecule is CC(CC1CCCN1)Nc1ccc(N(C)C(C)C)c(F)c1. The third-order valence-corrected chi connectivity index (χ3v) is 4.32. The average Bonchev–Trinajstić information content (AvgIpc) is 2.90. The lowest BCUT2D eigenvalue weighted by Gasteiger charge is -2.25. The molecule has 1 fully saturated rings. The Morgan fingerprint density at radius 2 is 2.14 bits per heavy atom. The lowest BCUT2D eigenvalue weighted by atomic mass is 10.1. The van der Waals surface area contributed by atoms with Crippen LogP contribution in [0, 0.1) is 5.82 Å². The van der Waals surface area contributed by atoms with Crippen molar-refractivity contribution in [3.05, 3.63) is 24.0 Å². The fourth-order valence-electron chi connectivity index (χ4n) is 2.89. The van der Waals surface area contributed by atoms with E-state index in [0.717, 1.165) is 18.7 Å². The second kappa shape index (κ2) is 7.12. The molecule has 0 aromatic heterocycles. The molecule has 3 nitrogen and oxygen atoms in total. The Labute approximate surface area is 127 Å². The minimum atomic E-state index is -0.164. The van der Waals surface area contributed by atoms with Crippen LogP contribution in [0.5, 0.6) is 0 Å². The zero-order valence-electron chi connectivity index (χ0n) is 13.6. The van der Waals surface area contributed by atoms with Gasteiger partial charge >= 0.3 is 0 Å². The zero-order valence-corrected chi connectivity index (χ0v) is 13.6. The van der Waals surface area contributed by atoms with E-state index in [1.54, 1.807) is 6.07 Å². The molecule has 118 valence electrons. The van der Waals surface area contributed by atoms with Crippen molar-refractivity contribution in [2.45, 2.75) is 58.2 Å². The molecule has 0 amide bonds. The predicted molar refractivity (Wildman–Crippen MR) is 88.7 cm³/mol. The smallest absolute Gasteiger partial charge is 0.148 e. The molecule has 1 heterocycles. The van der Waals surface area contributed by atoms with E-state index in [0.29, 0.717) is 17.8 Å². The normalized spacial score (nSPS) is 19.8. The monoisotopic (exact) mass is 293 g/mol. The summed E-state index contributed by atoms with van der Waals surface area (Å²) in [6, 6.07) is 6.66. The van der Waals surface area contributed by atoms with Gasteiger partial charge in [-0.15, -0.1) is 0 Å². The fraction of sp³-hybridized carbons (Fsp3) is 0.647. The van der Waals surface area contributed by atoms with E-state index < -0.39 is 0 Å². The van der Waals surface area contributed by atoms with E-state index in [-0.39, 0.29) is 11.9 Å². The predicted octanol–water partition coefficient (Wildman–Crippen LogP) is 3.61. The third kappa shape index (κ3) is 4.34. The van der Waals surface area contributed by atoms with Crippen LogP contribution in [0.15, 0.2) is 18.2 Å². The Morgan fingerprint density at radius 1 is 1.38 bits per heavy atom. The second-order valence-corrected chi connectivity index (χ2v) is 6.45. The quantitative estimate of drug-likeness (QED) is 0.839. The Morgan fingerprint density at radius 3 is 2.71 bits per heavy atom. The van der Waals surface area contributed by atoms with E-state index >= 15 is 0 Å². The Balaban J connectivity index is 1.96. The third-order valence-electron chi connectivity index (χ3n) is 4.32. The van der Waals surface area contributed by atoms with Gasteiger partial charge < -0.3 is 15.5 Å². The summed E-state index contributed by atoms with van der Waals surface area (Å²) in [6.45, 7) is 7.40. The number of nitrogens with zero attached hydrogens (tertiary/aromatic N) is 1. The lowest BCUT2D eigenvalue weighted by molar-refractivity contribution is 0.523. The van der Waals surface area contributed by atoms with Crippen molar-refractivity contribution in [2.24, 2.45) is 0 Å². The van der Waals surface area contributed by atoms with Crippen molar-refractivity contribution >= 4 is 11.4 Å². The van der Waals surface area contributed by atoms with E-state index in [9.17, 15) is 4.39 Å². The summed E-state index contributed by atoms with van der Waals surface area (Å²) in [6.07, 6.45) is 3.59. The summed E-state index contributed by atoms with van der Waals surface area (Å²) in [7, 11) is 1.92. The number of nitrogens with one attached hydrogen (secondary N) is 2. The molecule has 2 rings (SSSR count). The molecular weight excluding hydrogens is 265 g/mol. The van der Waals surface area contributed by atoms with Gasteiger partial charge in [0.25, 0.3) is 0 Å². The Kier molecular flexibility index (Phi) is 5.45. The molecular formula is C17H28FN3. The average molecular weight is 293 g/mol. The van der Waals surface area contributed by atoms with E-state index in [1.165, 1.54) is 12.8 Å². The minimum Gasteiger partial charge on any atom is -0.382 e. The maximum absolute atomic E-state index is 14.2. The van der Waals surface area contributed by atoms with Crippen LogP contribution in [0.3, 0.4) is 0 Å². The van der Waals surface area contributed by atoms with Gasteiger partial charge in [0.1, 0.15) is 5.82 Å². The van der Waals surface area contributed by atoms with Gasteiger partial charge in [0, 0.05) is 30.9 Å². The summed E-state index contributed by atoms with van der Waals surface area (Å²) in [5, 5.41) is 6.91. The molecule has 0 bridgehead atoms. The van der Waals surface area contributed by atoms with Gasteiger partial charge in [-0.1, -0.05) is 0 Å². The van der Waals surface area contributed by atoms with Crippen LogP contribution < -0.4 is 15.5 Å². The molecule has 1 aliphatic rings. The number of hydrogen-bond donors (Lipinski definition) is 2. The first-order chi connectivity index (χ1) is 9.97. The highest BCUT2D eigenvalue weighted by atomic mass is 19.1. The number of rotatable bonds is 6. The van der Waals surface area contributed by atoms with Crippen molar-refractivity contribution in [1.82, 2.24) is 5.32 Å². The molecule has 21 heavy (non-hydrogen) atoms. The molecule has 1 saturated heterocycles. The maximum atomic E-state index is 14.2. The summed E-state index contributed by atoms with van der Waals surface area (Å²) < 4.78 is 14.2. The first kappa shape index (κ1) is 16.1. The van der Waals surface area contributed by atoms with Gasteiger partial charge in [0.2, 0.25) is 0 Å². The molecule has 0 spiro atoms. The lowest BCUT2D eigenvalue weighted by Crippen LogP contribution is -2.29. The molecule has 2 N–H and O–H groups in total. The topological polar surface area (TPSA) is 27.3 Å². The van der Waals surface area contributed by atoms with E-state index in [2.05, 4.69) is 31.4 Å². The van der Waals surface area contributed by atoms with Crippen LogP contribution in [-0.4, -0.2) is 31.7 Å². The van der Waals surface area contributed by atoms with Crippen molar-refractivity contribution in [1.29, 1.82) is 0 Å². The summed E-state index contributed by atoms with van der Waals surface area (Å²) in [5.41, 5.74) is 1.51. The van der Waals surface area contributed by atoms with Crippen LogP contribution in [0.4, 0.5) is 15.8 Å². The van der Waals surface area contributed by atoms with Crippen molar-refractivity contribution in [2.75, 3.05) is 23.8 Å². The van der Waals surface area contributed by atoms with Crippen LogP contribution in [-0.2, 0) is 0 Å². The minimum absolute atomic E-state index is 0.164. The number of hydrogen-bond acceptors (Lipinski definition) is 3. The first-order valence-corrected chi connectivity index (χ1v) is 7.99. The van der Waals surface area contributed by atoms with Crippen LogP contribution >= 0.6 is 0 Å². The molecule has 2 unspecified atom stereocenters. The van der Waals surface area contributed by atoms with Crippen molar-refractivity contribution < 1.29 is 4.39 Å². The second-order valence-electron chi connectivity index (χ2n) is 6.45. The molecule has 1 aromatic rings. The van der Waals surface area contributed by atoms with Gasteiger partial charge in [-0.05, 0) is 64.8 Å². The summed E-state index contributed by atoms with van der Waals surface area (Å²) in [5.74, 6) is -0.164. The largest absolute Gasteiger partial charge is 0.382 e. The number of anilines is 2. The molecule has 4 heteroatoms. The van der Waals surface area contributed by atoms with Gasteiger partial charge in [-0.3, -0.25) is 0 Å². The molecule has 0 saturated carbocycles. The molecule has 1 aromatic carbocycles.